The number of benzene rings is 2. The largest absolute Gasteiger partial charge is 0.481 e. The van der Waals surface area contributed by atoms with E-state index < -0.39 is 11.9 Å². The molecule has 2 aliphatic carbocycles. The van der Waals surface area contributed by atoms with E-state index in [-0.39, 0.29) is 37.1 Å². The number of aliphatic carboxylic acids is 1. The van der Waals surface area contributed by atoms with Gasteiger partial charge in [-0.05, 0) is 41.0 Å². The highest BCUT2D eigenvalue weighted by Crippen LogP contribution is 2.46. The number of carboxylic acids is 1. The molecule has 1 saturated carbocycles. The van der Waals surface area contributed by atoms with Crippen LogP contribution in [0, 0.1) is 11.8 Å². The SMILES string of the molecule is O=C(O)C1CN(C(=O)OCC2c3ccccc3-c3ccccc32)C2CC1C2. The van der Waals surface area contributed by atoms with Crippen molar-refractivity contribution in [2.75, 3.05) is 13.2 Å². The number of hydrogen-bond donors (Lipinski definition) is 1. The lowest BCUT2D eigenvalue weighted by Gasteiger charge is -2.51. The summed E-state index contributed by atoms with van der Waals surface area (Å²) in [4.78, 5) is 25.7. The predicted octanol–water partition coefficient (Wildman–Crippen LogP) is 3.73. The third-order valence-corrected chi connectivity index (χ3v) is 6.44. The van der Waals surface area contributed by atoms with Gasteiger partial charge in [0.15, 0.2) is 0 Å². The lowest BCUT2D eigenvalue weighted by Crippen LogP contribution is -2.59. The Morgan fingerprint density at radius 2 is 1.59 bits per heavy atom. The van der Waals surface area contributed by atoms with Gasteiger partial charge in [0.2, 0.25) is 0 Å². The Morgan fingerprint density at radius 3 is 2.19 bits per heavy atom. The van der Waals surface area contributed by atoms with Gasteiger partial charge in [0.05, 0.1) is 5.92 Å². The number of ether oxygens (including phenoxy) is 1. The van der Waals surface area contributed by atoms with E-state index in [0.717, 1.165) is 12.8 Å². The third kappa shape index (κ3) is 2.52. The molecule has 2 saturated heterocycles. The highest BCUT2D eigenvalue weighted by Gasteiger charge is 2.50. The Hall–Kier alpha value is -2.82. The van der Waals surface area contributed by atoms with E-state index in [1.54, 1.807) is 4.90 Å². The first-order valence-electron chi connectivity index (χ1n) is 9.48. The molecule has 2 aromatic carbocycles. The predicted molar refractivity (Wildman–Crippen MR) is 99.4 cm³/mol. The normalized spacial score (nSPS) is 25.3. The number of amides is 1. The summed E-state index contributed by atoms with van der Waals surface area (Å²) in [6, 6.07) is 16.6. The second kappa shape index (κ2) is 6.12. The molecule has 2 heterocycles. The van der Waals surface area contributed by atoms with E-state index in [1.165, 1.54) is 22.3 Å². The Balaban J connectivity index is 1.33. The molecule has 1 N–H and O–H groups in total. The van der Waals surface area contributed by atoms with Crippen LogP contribution in [0.4, 0.5) is 4.79 Å². The molecule has 2 aliphatic heterocycles. The van der Waals surface area contributed by atoms with Crippen LogP contribution in [0.3, 0.4) is 0 Å². The average Bonchev–Trinajstić information content (AvgIpc) is 2.99. The van der Waals surface area contributed by atoms with Gasteiger partial charge in [0, 0.05) is 18.5 Å². The van der Waals surface area contributed by atoms with Gasteiger partial charge in [0.1, 0.15) is 6.61 Å². The zero-order chi connectivity index (χ0) is 18.5. The fourth-order valence-corrected chi connectivity index (χ4v) is 4.90. The van der Waals surface area contributed by atoms with Gasteiger partial charge in [-0.1, -0.05) is 48.5 Å². The molecule has 1 atom stereocenters. The van der Waals surface area contributed by atoms with Gasteiger partial charge in [-0.3, -0.25) is 4.79 Å². The van der Waals surface area contributed by atoms with Crippen molar-refractivity contribution in [2.45, 2.75) is 24.8 Å². The molecule has 5 heteroatoms. The minimum Gasteiger partial charge on any atom is -0.481 e. The van der Waals surface area contributed by atoms with Gasteiger partial charge >= 0.3 is 12.1 Å². The first kappa shape index (κ1) is 16.4. The molecule has 5 nitrogen and oxygen atoms in total. The standard InChI is InChI=1S/C22H21NO4/c24-21(25)19-11-23(14-9-13(19)10-14)22(26)27-12-20-17-7-3-1-5-15(17)16-6-2-4-8-18(16)20/h1-8,13-14,19-20H,9-12H2,(H,24,25). The van der Waals surface area contributed by atoms with E-state index in [9.17, 15) is 14.7 Å². The molecule has 0 aromatic heterocycles. The average molecular weight is 363 g/mol. The molecule has 0 radical (unpaired) electrons. The van der Waals surface area contributed by atoms with Crippen LogP contribution in [0.5, 0.6) is 0 Å². The van der Waals surface area contributed by atoms with Crippen LogP contribution in [0.25, 0.3) is 11.1 Å². The van der Waals surface area contributed by atoms with E-state index >= 15 is 0 Å². The summed E-state index contributed by atoms with van der Waals surface area (Å²) in [5, 5.41) is 9.38. The Morgan fingerprint density at radius 1 is 1.00 bits per heavy atom. The third-order valence-electron chi connectivity index (χ3n) is 6.44. The minimum atomic E-state index is -0.811. The molecule has 27 heavy (non-hydrogen) atoms. The van der Waals surface area contributed by atoms with Gasteiger partial charge < -0.3 is 14.7 Å². The number of fused-ring (bicyclic) bond motifs is 5. The molecule has 3 fully saturated rings. The van der Waals surface area contributed by atoms with Crippen molar-refractivity contribution in [3.05, 3.63) is 59.7 Å². The molecule has 1 amide bonds. The van der Waals surface area contributed by atoms with Crippen molar-refractivity contribution in [1.29, 1.82) is 0 Å². The van der Waals surface area contributed by atoms with Crippen molar-refractivity contribution in [1.82, 2.24) is 4.90 Å². The van der Waals surface area contributed by atoms with Gasteiger partial charge in [-0.2, -0.15) is 0 Å². The van der Waals surface area contributed by atoms with E-state index in [4.69, 9.17) is 4.74 Å². The topological polar surface area (TPSA) is 66.8 Å². The zero-order valence-electron chi connectivity index (χ0n) is 14.9. The lowest BCUT2D eigenvalue weighted by atomic mass is 9.67. The van der Waals surface area contributed by atoms with Crippen LogP contribution >= 0.6 is 0 Å². The highest BCUT2D eigenvalue weighted by atomic mass is 16.6. The quantitative estimate of drug-likeness (QED) is 0.902. The number of piperidine rings is 2. The van der Waals surface area contributed by atoms with Crippen molar-refractivity contribution in [2.24, 2.45) is 11.8 Å². The Kier molecular flexibility index (Phi) is 3.71. The van der Waals surface area contributed by atoms with E-state index in [2.05, 4.69) is 24.3 Å². The van der Waals surface area contributed by atoms with Crippen molar-refractivity contribution >= 4 is 12.1 Å². The lowest BCUT2D eigenvalue weighted by molar-refractivity contribution is -0.151. The summed E-state index contributed by atoms with van der Waals surface area (Å²) in [5.74, 6) is -1.04. The van der Waals surface area contributed by atoms with Crippen LogP contribution in [-0.2, 0) is 9.53 Å². The van der Waals surface area contributed by atoms with Crippen LogP contribution < -0.4 is 0 Å². The summed E-state index contributed by atoms with van der Waals surface area (Å²) < 4.78 is 5.70. The van der Waals surface area contributed by atoms with Crippen LogP contribution in [0.2, 0.25) is 0 Å². The maximum Gasteiger partial charge on any atom is 0.410 e. The van der Waals surface area contributed by atoms with Crippen LogP contribution in [0.1, 0.15) is 29.9 Å². The van der Waals surface area contributed by atoms with Gasteiger partial charge in [-0.25, -0.2) is 4.79 Å². The van der Waals surface area contributed by atoms with Crippen molar-refractivity contribution in [3.8, 4) is 11.1 Å². The second-order valence-corrected chi connectivity index (χ2v) is 7.79. The molecular formula is C22H21NO4. The van der Waals surface area contributed by atoms with Crippen molar-refractivity contribution in [3.63, 3.8) is 0 Å². The maximum atomic E-state index is 12.7. The number of carbonyl (C=O) groups excluding carboxylic acids is 1. The summed E-state index contributed by atoms with van der Waals surface area (Å²) in [6.45, 7) is 0.540. The summed E-state index contributed by atoms with van der Waals surface area (Å²) in [6.07, 6.45) is 1.17. The van der Waals surface area contributed by atoms with E-state index in [0.29, 0.717) is 0 Å². The van der Waals surface area contributed by atoms with Gasteiger partial charge in [0.25, 0.3) is 0 Å². The van der Waals surface area contributed by atoms with Gasteiger partial charge in [-0.15, -0.1) is 0 Å². The number of nitrogens with zero attached hydrogens (tertiary/aromatic N) is 1. The first-order chi connectivity index (χ1) is 13.1. The summed E-state index contributed by atoms with van der Waals surface area (Å²) in [5.41, 5.74) is 4.74. The summed E-state index contributed by atoms with van der Waals surface area (Å²) in [7, 11) is 0. The molecule has 4 aliphatic rings. The number of rotatable bonds is 3. The fourth-order valence-electron chi connectivity index (χ4n) is 4.90. The van der Waals surface area contributed by atoms with Crippen LogP contribution in [-0.4, -0.2) is 41.3 Å². The Labute approximate surface area is 157 Å². The monoisotopic (exact) mass is 363 g/mol. The first-order valence-corrected chi connectivity index (χ1v) is 9.48. The molecular weight excluding hydrogens is 342 g/mol. The highest BCUT2D eigenvalue weighted by molar-refractivity contribution is 5.79. The fraction of sp³-hybridized carbons (Fsp3) is 0.364. The Bertz CT molecular complexity index is 873. The molecule has 138 valence electrons. The number of carbonyl (C=O) groups is 2. The smallest absolute Gasteiger partial charge is 0.410 e. The molecule has 0 spiro atoms. The van der Waals surface area contributed by atoms with E-state index in [1.807, 2.05) is 24.3 Å². The molecule has 2 bridgehead atoms. The van der Waals surface area contributed by atoms with Crippen molar-refractivity contribution < 1.29 is 19.4 Å². The maximum absolute atomic E-state index is 12.7. The van der Waals surface area contributed by atoms with Crippen LogP contribution in [0.15, 0.2) is 48.5 Å². The number of carboxylic acid groups (broad SMARTS) is 1. The molecule has 6 rings (SSSR count). The number of hydrogen-bond acceptors (Lipinski definition) is 3. The minimum absolute atomic E-state index is 0.0237. The summed E-state index contributed by atoms with van der Waals surface area (Å²) >= 11 is 0. The second-order valence-electron chi connectivity index (χ2n) is 7.79. The zero-order valence-corrected chi connectivity index (χ0v) is 14.9. The molecule has 2 aromatic rings. The molecule has 1 unspecified atom stereocenters.